The Labute approximate surface area is 161 Å². The molecule has 0 saturated carbocycles. The molecule has 7 nitrogen and oxygen atoms in total. The van der Waals surface area contributed by atoms with E-state index in [-0.39, 0.29) is 29.4 Å². The van der Waals surface area contributed by atoms with Crippen LogP contribution in [0.15, 0.2) is 4.79 Å². The highest BCUT2D eigenvalue weighted by Gasteiger charge is 2.39. The van der Waals surface area contributed by atoms with Gasteiger partial charge in [-0.15, -0.1) is 11.3 Å². The summed E-state index contributed by atoms with van der Waals surface area (Å²) >= 11 is 1.59. The fourth-order valence-electron chi connectivity index (χ4n) is 4.07. The molecule has 0 unspecified atom stereocenters. The van der Waals surface area contributed by atoms with Crippen LogP contribution >= 0.6 is 11.3 Å². The van der Waals surface area contributed by atoms with Crippen molar-refractivity contribution in [3.05, 3.63) is 26.6 Å². The Morgan fingerprint density at radius 1 is 1.33 bits per heavy atom. The molecule has 1 atom stereocenters. The van der Waals surface area contributed by atoms with Crippen molar-refractivity contribution in [3.63, 3.8) is 0 Å². The number of fused-ring (bicyclic) bond motifs is 3. The van der Waals surface area contributed by atoms with E-state index in [0.717, 1.165) is 36.1 Å². The van der Waals surface area contributed by atoms with E-state index in [0.29, 0.717) is 24.1 Å². The number of nitrogens with zero attached hydrogens (tertiary/aromatic N) is 1. The molecule has 2 N–H and O–H groups in total. The van der Waals surface area contributed by atoms with Gasteiger partial charge in [-0.2, -0.15) is 0 Å². The molecule has 2 aromatic rings. The van der Waals surface area contributed by atoms with Crippen LogP contribution in [0.4, 0.5) is 0 Å². The lowest BCUT2D eigenvalue weighted by atomic mass is 9.97. The first-order valence-electron chi connectivity index (χ1n) is 9.30. The summed E-state index contributed by atoms with van der Waals surface area (Å²) in [5.41, 5.74) is 0.325. The molecule has 0 aromatic carbocycles. The molecule has 1 saturated heterocycles. The second-order valence-corrected chi connectivity index (χ2v) is 11.1. The number of aryl methyl sites for hydroxylation is 3. The van der Waals surface area contributed by atoms with E-state index in [1.807, 2.05) is 0 Å². The summed E-state index contributed by atoms with van der Waals surface area (Å²) < 4.78 is 23.3. The first-order chi connectivity index (χ1) is 12.7. The molecule has 1 fully saturated rings. The standard InChI is InChI=1S/C18H23N3O4S2/c1-18(8-9-27(24,25)10-18)21-14(22)7-6-13-19-16(23)15-11-4-2-3-5-12(11)26-17(15)20-13/h2-10H2,1H3,(H,21,22)(H,19,20,23)/t18-/m0/s1. The molecule has 146 valence electrons. The van der Waals surface area contributed by atoms with E-state index in [2.05, 4.69) is 15.3 Å². The Kier molecular flexibility index (Phi) is 4.62. The fraction of sp³-hybridized carbons (Fsp3) is 0.611. The van der Waals surface area contributed by atoms with Crippen LogP contribution in [0.3, 0.4) is 0 Å². The van der Waals surface area contributed by atoms with Gasteiger partial charge in [-0.25, -0.2) is 13.4 Å². The Balaban J connectivity index is 1.46. The average Bonchev–Trinajstić information content (AvgIpc) is 3.09. The SMILES string of the molecule is C[C@]1(NC(=O)CCc2nc3sc4c(c3c(=O)[nH]2)CCCC4)CCS(=O)(=O)C1. The summed E-state index contributed by atoms with van der Waals surface area (Å²) in [6.07, 6.45) is 5.12. The van der Waals surface area contributed by atoms with Crippen LogP contribution in [0.25, 0.3) is 10.2 Å². The zero-order chi connectivity index (χ0) is 19.2. The van der Waals surface area contributed by atoms with E-state index >= 15 is 0 Å². The van der Waals surface area contributed by atoms with Crippen molar-refractivity contribution in [3.8, 4) is 0 Å². The Morgan fingerprint density at radius 3 is 2.85 bits per heavy atom. The normalized spacial score (nSPS) is 24.0. The predicted molar refractivity (Wildman–Crippen MR) is 105 cm³/mol. The lowest BCUT2D eigenvalue weighted by Gasteiger charge is -2.23. The second-order valence-electron chi connectivity index (χ2n) is 7.85. The summed E-state index contributed by atoms with van der Waals surface area (Å²) in [7, 11) is -3.07. The Bertz CT molecular complexity index is 1070. The van der Waals surface area contributed by atoms with Gasteiger partial charge in [0.15, 0.2) is 9.84 Å². The van der Waals surface area contributed by atoms with Crippen molar-refractivity contribution in [2.24, 2.45) is 0 Å². The second kappa shape index (κ2) is 6.70. The molecule has 3 heterocycles. The minimum Gasteiger partial charge on any atom is -0.350 e. The number of carbonyl (C=O) groups excluding carboxylic acids is 1. The van der Waals surface area contributed by atoms with Crippen LogP contribution in [-0.4, -0.2) is 41.3 Å². The fourth-order valence-corrected chi connectivity index (χ4v) is 7.44. The quantitative estimate of drug-likeness (QED) is 0.795. The van der Waals surface area contributed by atoms with Gasteiger partial charge in [0, 0.05) is 17.7 Å². The number of carbonyl (C=O) groups is 1. The topological polar surface area (TPSA) is 109 Å². The summed E-state index contributed by atoms with van der Waals surface area (Å²) in [5, 5.41) is 3.55. The van der Waals surface area contributed by atoms with Gasteiger partial charge >= 0.3 is 0 Å². The summed E-state index contributed by atoms with van der Waals surface area (Å²) in [6.45, 7) is 1.76. The van der Waals surface area contributed by atoms with Crippen LogP contribution in [-0.2, 0) is 33.9 Å². The number of rotatable bonds is 4. The van der Waals surface area contributed by atoms with E-state index in [1.54, 1.807) is 18.3 Å². The molecule has 2 aliphatic rings. The molecule has 0 spiro atoms. The zero-order valence-electron chi connectivity index (χ0n) is 15.3. The molecule has 2 aromatic heterocycles. The number of nitrogens with one attached hydrogen (secondary N) is 2. The highest BCUT2D eigenvalue weighted by molar-refractivity contribution is 7.91. The van der Waals surface area contributed by atoms with Crippen molar-refractivity contribution in [1.82, 2.24) is 15.3 Å². The number of hydrogen-bond acceptors (Lipinski definition) is 6. The van der Waals surface area contributed by atoms with Crippen molar-refractivity contribution in [2.75, 3.05) is 11.5 Å². The smallest absolute Gasteiger partial charge is 0.259 e. The highest BCUT2D eigenvalue weighted by atomic mass is 32.2. The minimum atomic E-state index is -3.07. The predicted octanol–water partition coefficient (Wildman–Crippen LogP) is 1.49. The van der Waals surface area contributed by atoms with Gasteiger partial charge in [-0.1, -0.05) is 0 Å². The van der Waals surface area contributed by atoms with Gasteiger partial charge in [-0.05, 0) is 44.6 Å². The maximum atomic E-state index is 12.5. The van der Waals surface area contributed by atoms with E-state index in [9.17, 15) is 18.0 Å². The van der Waals surface area contributed by atoms with Crippen molar-refractivity contribution in [1.29, 1.82) is 0 Å². The molecule has 0 radical (unpaired) electrons. The number of amides is 1. The molecule has 9 heteroatoms. The van der Waals surface area contributed by atoms with Crippen molar-refractivity contribution >= 4 is 37.3 Å². The van der Waals surface area contributed by atoms with E-state index in [4.69, 9.17) is 0 Å². The Morgan fingerprint density at radius 2 is 2.11 bits per heavy atom. The maximum Gasteiger partial charge on any atom is 0.259 e. The first kappa shape index (κ1) is 18.6. The van der Waals surface area contributed by atoms with E-state index in [1.165, 1.54) is 4.88 Å². The number of sulfone groups is 1. The maximum absolute atomic E-state index is 12.5. The van der Waals surface area contributed by atoms with Crippen LogP contribution in [0.1, 0.15) is 48.9 Å². The first-order valence-corrected chi connectivity index (χ1v) is 11.9. The molecular formula is C18H23N3O4S2. The van der Waals surface area contributed by atoms with Gasteiger partial charge in [-0.3, -0.25) is 9.59 Å². The van der Waals surface area contributed by atoms with Crippen LogP contribution in [0, 0.1) is 0 Å². The number of hydrogen-bond donors (Lipinski definition) is 2. The number of aromatic amines is 1. The van der Waals surface area contributed by atoms with Gasteiger partial charge in [0.05, 0.1) is 22.4 Å². The zero-order valence-corrected chi connectivity index (χ0v) is 16.9. The lowest BCUT2D eigenvalue weighted by molar-refractivity contribution is -0.122. The third-order valence-electron chi connectivity index (χ3n) is 5.41. The number of H-pyrrole nitrogens is 1. The molecule has 0 bridgehead atoms. The summed E-state index contributed by atoms with van der Waals surface area (Å²) in [5.74, 6) is 0.375. The largest absolute Gasteiger partial charge is 0.350 e. The average molecular weight is 410 g/mol. The van der Waals surface area contributed by atoms with Crippen molar-refractivity contribution in [2.45, 2.75) is 57.4 Å². The molecule has 1 amide bonds. The minimum absolute atomic E-state index is 0.0203. The summed E-state index contributed by atoms with van der Waals surface area (Å²) in [4.78, 5) is 34.2. The van der Waals surface area contributed by atoms with Crippen LogP contribution < -0.4 is 10.9 Å². The molecule has 27 heavy (non-hydrogen) atoms. The lowest BCUT2D eigenvalue weighted by Crippen LogP contribution is -2.47. The molecule has 1 aliphatic carbocycles. The molecule has 4 rings (SSSR count). The monoisotopic (exact) mass is 409 g/mol. The van der Waals surface area contributed by atoms with Crippen molar-refractivity contribution < 1.29 is 13.2 Å². The summed E-state index contributed by atoms with van der Waals surface area (Å²) in [6, 6.07) is 0. The number of thiophene rings is 1. The highest BCUT2D eigenvalue weighted by Crippen LogP contribution is 2.33. The van der Waals surface area contributed by atoms with Gasteiger partial charge in [0.25, 0.3) is 5.56 Å². The van der Waals surface area contributed by atoms with Crippen LogP contribution in [0.2, 0.25) is 0 Å². The Hall–Kier alpha value is -1.74. The van der Waals surface area contributed by atoms with E-state index < -0.39 is 15.4 Å². The van der Waals surface area contributed by atoms with Crippen LogP contribution in [0.5, 0.6) is 0 Å². The van der Waals surface area contributed by atoms with Gasteiger partial charge in [0.1, 0.15) is 10.7 Å². The third-order valence-corrected chi connectivity index (χ3v) is 8.50. The molecular weight excluding hydrogens is 386 g/mol. The third kappa shape index (κ3) is 3.80. The van der Waals surface area contributed by atoms with Gasteiger partial charge < -0.3 is 10.3 Å². The molecule has 1 aliphatic heterocycles. The number of aromatic nitrogens is 2. The van der Waals surface area contributed by atoms with Gasteiger partial charge in [0.2, 0.25) is 5.91 Å².